The van der Waals surface area contributed by atoms with Crippen LogP contribution in [-0.4, -0.2) is 33.3 Å². The van der Waals surface area contributed by atoms with E-state index in [-0.39, 0.29) is 0 Å². The molecule has 0 rings (SSSR count). The third kappa shape index (κ3) is 5.05. The molecule has 0 radical (unpaired) electrons. The van der Waals surface area contributed by atoms with E-state index in [4.69, 9.17) is 4.43 Å². The van der Waals surface area contributed by atoms with Crippen LogP contribution in [0.1, 0.15) is 20.8 Å². The van der Waals surface area contributed by atoms with Crippen molar-refractivity contribution in [3.8, 4) is 0 Å². The molecular weight excluding hydrogens is 307 g/mol. The van der Waals surface area contributed by atoms with Crippen molar-refractivity contribution in [3.63, 3.8) is 0 Å². The van der Waals surface area contributed by atoms with Crippen LogP contribution in [0.25, 0.3) is 0 Å². The average molecular weight is 335 g/mol. The zero-order valence-electron chi connectivity index (χ0n) is 11.8. The summed E-state index contributed by atoms with van der Waals surface area (Å²) in [5.41, 5.74) is 0. The van der Waals surface area contributed by atoms with Gasteiger partial charge in [-0.15, -0.1) is 0 Å². The molecule has 0 heterocycles. The third-order valence-corrected chi connectivity index (χ3v) is 14.4. The van der Waals surface area contributed by atoms with Gasteiger partial charge in [0.15, 0.2) is 0 Å². The Bertz CT molecular complexity index is 233. The molecule has 90 valence electrons. The normalized spacial score (nSPS) is 14.1. The zero-order chi connectivity index (χ0) is 12.5. The first-order valence-electron chi connectivity index (χ1n) is 5.70. The standard InChI is InChI=1S/C9H19OSi.3CH3.Sn/c1-7-8-10-11(5,6)9(2,3)4;;;;/h1,8H2,2-6H3;3*1H3;. The van der Waals surface area contributed by atoms with Crippen molar-refractivity contribution in [3.05, 3.63) is 10.2 Å². The molecule has 0 aliphatic heterocycles. The van der Waals surface area contributed by atoms with E-state index in [0.29, 0.717) is 5.04 Å². The van der Waals surface area contributed by atoms with Crippen LogP contribution in [0.15, 0.2) is 10.2 Å². The molecule has 0 spiro atoms. The van der Waals surface area contributed by atoms with Crippen LogP contribution < -0.4 is 0 Å². The second-order valence-electron chi connectivity index (χ2n) is 6.90. The van der Waals surface area contributed by atoms with Crippen molar-refractivity contribution < 1.29 is 4.43 Å². The van der Waals surface area contributed by atoms with Crippen molar-refractivity contribution in [2.75, 3.05) is 6.61 Å². The van der Waals surface area contributed by atoms with Crippen molar-refractivity contribution >= 4 is 26.7 Å². The summed E-state index contributed by atoms with van der Waals surface area (Å²) >= 11 is -1.92. The van der Waals surface area contributed by atoms with Gasteiger partial charge in [-0.1, -0.05) is 0 Å². The molecule has 0 aliphatic rings. The zero-order valence-corrected chi connectivity index (χ0v) is 15.7. The molecule has 0 aromatic rings. The van der Waals surface area contributed by atoms with E-state index in [1.807, 2.05) is 0 Å². The summed E-state index contributed by atoms with van der Waals surface area (Å²) < 4.78 is 7.57. The van der Waals surface area contributed by atoms with Crippen LogP contribution >= 0.6 is 0 Å². The van der Waals surface area contributed by atoms with Crippen molar-refractivity contribution in [1.29, 1.82) is 0 Å². The molecule has 0 unspecified atom stereocenters. The van der Waals surface area contributed by atoms with Crippen LogP contribution in [0.5, 0.6) is 0 Å². The second-order valence-corrected chi connectivity index (χ2v) is 26.6. The fraction of sp³-hybridized carbons (Fsp3) is 0.833. The van der Waals surface area contributed by atoms with Gasteiger partial charge in [-0.2, -0.15) is 0 Å². The molecule has 0 atom stereocenters. The summed E-state index contributed by atoms with van der Waals surface area (Å²) in [6, 6.07) is 0. The minimum atomic E-state index is -1.92. The molecule has 1 nitrogen and oxygen atoms in total. The van der Waals surface area contributed by atoms with Gasteiger partial charge in [0.2, 0.25) is 0 Å². The van der Waals surface area contributed by atoms with Crippen LogP contribution in [0, 0.1) is 0 Å². The van der Waals surface area contributed by atoms with E-state index in [2.05, 4.69) is 55.3 Å². The first-order chi connectivity index (χ1) is 6.38. The fourth-order valence-electron chi connectivity index (χ4n) is 0.701. The van der Waals surface area contributed by atoms with Crippen LogP contribution in [-0.2, 0) is 4.43 Å². The number of hydrogen-bond acceptors (Lipinski definition) is 1. The molecule has 0 fully saturated rings. The Hall–Kier alpha value is 0.716. The molecule has 0 aromatic carbocycles. The third-order valence-electron chi connectivity index (χ3n) is 3.47. The van der Waals surface area contributed by atoms with Crippen LogP contribution in [0.4, 0.5) is 0 Å². The van der Waals surface area contributed by atoms with Crippen LogP contribution in [0.2, 0.25) is 33.0 Å². The van der Waals surface area contributed by atoms with Gasteiger partial charge in [0.1, 0.15) is 0 Å². The fourth-order valence-corrected chi connectivity index (χ4v) is 3.52. The molecule has 0 saturated carbocycles. The van der Waals surface area contributed by atoms with Gasteiger partial charge in [-0.3, -0.25) is 0 Å². The molecule has 0 N–H and O–H groups in total. The van der Waals surface area contributed by atoms with E-state index in [0.717, 1.165) is 6.61 Å². The Morgan fingerprint density at radius 3 is 1.87 bits per heavy atom. The van der Waals surface area contributed by atoms with Crippen LogP contribution in [0.3, 0.4) is 0 Å². The van der Waals surface area contributed by atoms with Gasteiger partial charge < -0.3 is 0 Å². The topological polar surface area (TPSA) is 9.23 Å². The molecule has 0 aromatic heterocycles. The summed E-state index contributed by atoms with van der Waals surface area (Å²) in [4.78, 5) is 7.18. The molecule has 0 amide bonds. The Morgan fingerprint density at radius 2 is 1.60 bits per heavy atom. The first-order valence-corrected chi connectivity index (χ1v) is 18.6. The quantitative estimate of drug-likeness (QED) is 0.690. The second kappa shape index (κ2) is 4.92. The Morgan fingerprint density at radius 1 is 1.20 bits per heavy atom. The van der Waals surface area contributed by atoms with Gasteiger partial charge in [-0.25, -0.2) is 0 Å². The van der Waals surface area contributed by atoms with E-state index in [1.165, 1.54) is 3.59 Å². The van der Waals surface area contributed by atoms with Gasteiger partial charge in [0, 0.05) is 0 Å². The van der Waals surface area contributed by atoms with Crippen molar-refractivity contribution in [2.45, 2.75) is 53.7 Å². The predicted octanol–water partition coefficient (Wildman–Crippen LogP) is 4.44. The van der Waals surface area contributed by atoms with Gasteiger partial charge in [-0.05, 0) is 0 Å². The van der Waals surface area contributed by atoms with E-state index < -0.39 is 26.7 Å². The SMILES string of the molecule is C=[C](CO[Si](C)(C)C(C)(C)C)[Sn]([CH3])([CH3])[CH3]. The summed E-state index contributed by atoms with van der Waals surface area (Å²) in [5.74, 6) is 0. The molecule has 0 saturated heterocycles. The van der Waals surface area contributed by atoms with Gasteiger partial charge >= 0.3 is 102 Å². The Balaban J connectivity index is 4.36. The van der Waals surface area contributed by atoms with E-state index >= 15 is 0 Å². The van der Waals surface area contributed by atoms with Crippen molar-refractivity contribution in [1.82, 2.24) is 0 Å². The van der Waals surface area contributed by atoms with E-state index in [9.17, 15) is 0 Å². The summed E-state index contributed by atoms with van der Waals surface area (Å²) in [7, 11) is -1.57. The van der Waals surface area contributed by atoms with E-state index in [1.54, 1.807) is 0 Å². The Labute approximate surface area is 101 Å². The summed E-state index contributed by atoms with van der Waals surface area (Å²) in [5, 5.41) is 0.306. The number of hydrogen-bond donors (Lipinski definition) is 0. The number of rotatable bonds is 4. The predicted molar refractivity (Wildman–Crippen MR) is 75.6 cm³/mol. The van der Waals surface area contributed by atoms with Gasteiger partial charge in [0.05, 0.1) is 0 Å². The summed E-state index contributed by atoms with van der Waals surface area (Å²) in [6.07, 6.45) is 0. The molecular formula is C12H28OSiSn. The molecule has 0 bridgehead atoms. The van der Waals surface area contributed by atoms with Crippen molar-refractivity contribution in [2.24, 2.45) is 0 Å². The minimum absolute atomic E-state index is 0.306. The molecule has 0 aliphatic carbocycles. The Kier molecular flexibility index (Phi) is 5.16. The molecule has 15 heavy (non-hydrogen) atoms. The monoisotopic (exact) mass is 336 g/mol. The first kappa shape index (κ1) is 15.7. The average Bonchev–Trinajstić information content (AvgIpc) is 1.96. The van der Waals surface area contributed by atoms with Gasteiger partial charge in [0.25, 0.3) is 0 Å². The maximum absolute atomic E-state index is 6.17. The summed E-state index contributed by atoms with van der Waals surface area (Å²) in [6.45, 7) is 16.5. The molecule has 3 heteroatoms. The maximum atomic E-state index is 6.17.